The van der Waals surface area contributed by atoms with E-state index in [9.17, 15) is 9.59 Å². The SMILES string of the molecule is O=C1C[C@H]([NH2+]CC2CCCCC2)C(=O)N1c1cccc(Cl)c1. The molecule has 1 aliphatic heterocycles. The summed E-state index contributed by atoms with van der Waals surface area (Å²) in [6.07, 6.45) is 6.72. The summed E-state index contributed by atoms with van der Waals surface area (Å²) in [7, 11) is 0. The number of benzene rings is 1. The lowest BCUT2D eigenvalue weighted by Gasteiger charge is -2.21. The van der Waals surface area contributed by atoms with Gasteiger partial charge in [0.25, 0.3) is 5.91 Å². The highest BCUT2D eigenvalue weighted by molar-refractivity contribution is 6.31. The molecule has 1 saturated carbocycles. The van der Waals surface area contributed by atoms with Crippen molar-refractivity contribution in [1.82, 2.24) is 0 Å². The molecule has 118 valence electrons. The second-order valence-corrected chi connectivity index (χ2v) is 6.77. The van der Waals surface area contributed by atoms with Gasteiger partial charge in [0, 0.05) is 10.9 Å². The fourth-order valence-electron chi connectivity index (χ4n) is 3.51. The maximum Gasteiger partial charge on any atom is 0.292 e. The van der Waals surface area contributed by atoms with Gasteiger partial charge in [-0.15, -0.1) is 0 Å². The van der Waals surface area contributed by atoms with E-state index >= 15 is 0 Å². The van der Waals surface area contributed by atoms with Gasteiger partial charge in [0.05, 0.1) is 18.7 Å². The van der Waals surface area contributed by atoms with Crippen LogP contribution in [0.5, 0.6) is 0 Å². The van der Waals surface area contributed by atoms with E-state index in [0.717, 1.165) is 6.54 Å². The van der Waals surface area contributed by atoms with Crippen LogP contribution in [-0.2, 0) is 9.59 Å². The molecule has 0 unspecified atom stereocenters. The van der Waals surface area contributed by atoms with Crippen molar-refractivity contribution in [2.45, 2.75) is 44.6 Å². The first kappa shape index (κ1) is 15.5. The molecule has 0 bridgehead atoms. The molecule has 1 aromatic carbocycles. The van der Waals surface area contributed by atoms with Crippen LogP contribution in [0.25, 0.3) is 0 Å². The summed E-state index contributed by atoms with van der Waals surface area (Å²) in [5, 5.41) is 2.61. The molecule has 4 nitrogen and oxygen atoms in total. The lowest BCUT2D eigenvalue weighted by Crippen LogP contribution is -2.92. The van der Waals surface area contributed by atoms with Crippen LogP contribution >= 0.6 is 11.6 Å². The van der Waals surface area contributed by atoms with Gasteiger partial charge in [0.2, 0.25) is 5.91 Å². The highest BCUT2D eigenvalue weighted by Crippen LogP contribution is 2.25. The summed E-state index contributed by atoms with van der Waals surface area (Å²) >= 11 is 5.96. The van der Waals surface area contributed by atoms with Gasteiger partial charge in [-0.3, -0.25) is 9.59 Å². The number of amides is 2. The predicted molar refractivity (Wildman–Crippen MR) is 85.7 cm³/mol. The van der Waals surface area contributed by atoms with E-state index in [1.54, 1.807) is 24.3 Å². The minimum Gasteiger partial charge on any atom is -0.335 e. The first-order valence-electron chi connectivity index (χ1n) is 8.11. The number of nitrogens with zero attached hydrogens (tertiary/aromatic N) is 1. The number of hydrogen-bond donors (Lipinski definition) is 1. The van der Waals surface area contributed by atoms with Gasteiger partial charge in [-0.1, -0.05) is 36.9 Å². The number of carbonyl (C=O) groups is 2. The molecule has 0 radical (unpaired) electrons. The van der Waals surface area contributed by atoms with Gasteiger partial charge < -0.3 is 5.32 Å². The molecule has 1 aliphatic carbocycles. The Labute approximate surface area is 135 Å². The Morgan fingerprint density at radius 1 is 1.18 bits per heavy atom. The van der Waals surface area contributed by atoms with Crippen LogP contribution in [0.2, 0.25) is 5.02 Å². The standard InChI is InChI=1S/C17H21ClN2O2/c18-13-7-4-8-14(9-13)20-16(21)10-15(17(20)22)19-11-12-5-2-1-3-6-12/h4,7-9,12,15,19H,1-3,5-6,10-11H2/p+1/t15-/m0/s1. The van der Waals surface area contributed by atoms with Gasteiger partial charge in [-0.2, -0.15) is 0 Å². The van der Waals surface area contributed by atoms with E-state index in [-0.39, 0.29) is 24.3 Å². The molecule has 2 amide bonds. The number of quaternary nitrogens is 1. The number of imide groups is 1. The molecule has 1 saturated heterocycles. The molecule has 1 atom stereocenters. The quantitative estimate of drug-likeness (QED) is 0.864. The second-order valence-electron chi connectivity index (χ2n) is 6.33. The van der Waals surface area contributed by atoms with Crippen molar-refractivity contribution in [3.63, 3.8) is 0 Å². The number of rotatable bonds is 4. The summed E-state index contributed by atoms with van der Waals surface area (Å²) in [6, 6.07) is 6.65. The van der Waals surface area contributed by atoms with Gasteiger partial charge in [0.1, 0.15) is 0 Å². The van der Waals surface area contributed by atoms with Gasteiger partial charge in [0.15, 0.2) is 6.04 Å². The van der Waals surface area contributed by atoms with Crippen molar-refractivity contribution >= 4 is 29.1 Å². The molecule has 2 aliphatic rings. The predicted octanol–water partition coefficient (Wildman–Crippen LogP) is 2.12. The first-order chi connectivity index (χ1) is 10.6. The van der Waals surface area contributed by atoms with Crippen LogP contribution in [0.15, 0.2) is 24.3 Å². The fourth-order valence-corrected chi connectivity index (χ4v) is 3.69. The minimum atomic E-state index is -0.270. The van der Waals surface area contributed by atoms with Crippen molar-refractivity contribution in [1.29, 1.82) is 0 Å². The Morgan fingerprint density at radius 2 is 1.95 bits per heavy atom. The van der Waals surface area contributed by atoms with Crippen LogP contribution in [0.3, 0.4) is 0 Å². The zero-order valence-electron chi connectivity index (χ0n) is 12.6. The number of nitrogens with two attached hydrogens (primary N) is 1. The zero-order chi connectivity index (χ0) is 15.5. The van der Waals surface area contributed by atoms with E-state index < -0.39 is 0 Å². The molecular formula is C17H22ClN2O2+. The molecule has 0 aromatic heterocycles. The lowest BCUT2D eigenvalue weighted by atomic mass is 9.89. The first-order valence-corrected chi connectivity index (χ1v) is 8.48. The Hall–Kier alpha value is -1.39. The minimum absolute atomic E-state index is 0.108. The van der Waals surface area contributed by atoms with Gasteiger partial charge in [-0.05, 0) is 31.0 Å². The average Bonchev–Trinajstić information content (AvgIpc) is 2.80. The third kappa shape index (κ3) is 3.33. The number of anilines is 1. The normalized spacial score (nSPS) is 23.3. The van der Waals surface area contributed by atoms with Crippen molar-refractivity contribution in [2.24, 2.45) is 5.92 Å². The molecule has 1 heterocycles. The van der Waals surface area contributed by atoms with Crippen LogP contribution in [0.4, 0.5) is 5.69 Å². The Bertz CT molecular complexity index is 570. The fraction of sp³-hybridized carbons (Fsp3) is 0.529. The summed E-state index contributed by atoms with van der Waals surface area (Å²) in [6.45, 7) is 0.951. The number of hydrogen-bond acceptors (Lipinski definition) is 2. The van der Waals surface area contributed by atoms with Crippen molar-refractivity contribution in [3.8, 4) is 0 Å². The lowest BCUT2D eigenvalue weighted by molar-refractivity contribution is -0.680. The summed E-state index contributed by atoms with van der Waals surface area (Å²) in [4.78, 5) is 26.0. The number of carbonyl (C=O) groups excluding carboxylic acids is 2. The smallest absolute Gasteiger partial charge is 0.292 e. The molecule has 2 N–H and O–H groups in total. The van der Waals surface area contributed by atoms with Crippen LogP contribution in [0, 0.1) is 5.92 Å². The summed E-state index contributed by atoms with van der Waals surface area (Å²) < 4.78 is 0. The monoisotopic (exact) mass is 321 g/mol. The molecule has 1 aromatic rings. The largest absolute Gasteiger partial charge is 0.335 e. The molecule has 22 heavy (non-hydrogen) atoms. The maximum absolute atomic E-state index is 12.5. The van der Waals surface area contributed by atoms with Gasteiger partial charge >= 0.3 is 0 Å². The van der Waals surface area contributed by atoms with Gasteiger partial charge in [-0.25, -0.2) is 4.90 Å². The van der Waals surface area contributed by atoms with E-state index in [1.165, 1.54) is 37.0 Å². The van der Waals surface area contributed by atoms with Crippen LogP contribution < -0.4 is 10.2 Å². The zero-order valence-corrected chi connectivity index (χ0v) is 13.4. The maximum atomic E-state index is 12.5. The Kier molecular flexibility index (Phi) is 4.79. The van der Waals surface area contributed by atoms with Crippen molar-refractivity contribution in [3.05, 3.63) is 29.3 Å². The van der Waals surface area contributed by atoms with E-state index in [1.807, 2.05) is 0 Å². The molecule has 3 rings (SSSR count). The highest BCUT2D eigenvalue weighted by Gasteiger charge is 2.42. The van der Waals surface area contributed by atoms with Crippen LogP contribution in [0.1, 0.15) is 38.5 Å². The third-order valence-corrected chi connectivity index (χ3v) is 4.96. The molecule has 0 spiro atoms. The molecular weight excluding hydrogens is 300 g/mol. The second kappa shape index (κ2) is 6.80. The number of halogens is 1. The highest BCUT2D eigenvalue weighted by atomic mass is 35.5. The van der Waals surface area contributed by atoms with E-state index in [4.69, 9.17) is 11.6 Å². The van der Waals surface area contributed by atoms with Crippen LogP contribution in [-0.4, -0.2) is 24.4 Å². The molecule has 2 fully saturated rings. The molecule has 5 heteroatoms. The average molecular weight is 322 g/mol. The Balaban J connectivity index is 1.63. The van der Waals surface area contributed by atoms with E-state index in [0.29, 0.717) is 16.6 Å². The van der Waals surface area contributed by atoms with E-state index in [2.05, 4.69) is 5.32 Å². The van der Waals surface area contributed by atoms with Crippen molar-refractivity contribution in [2.75, 3.05) is 11.4 Å². The summed E-state index contributed by atoms with van der Waals surface area (Å²) in [5.41, 5.74) is 0.580. The Morgan fingerprint density at radius 3 is 2.68 bits per heavy atom. The summed E-state index contributed by atoms with van der Waals surface area (Å²) in [5.74, 6) is 0.456. The van der Waals surface area contributed by atoms with Crippen molar-refractivity contribution < 1.29 is 14.9 Å². The third-order valence-electron chi connectivity index (χ3n) is 4.73. The topological polar surface area (TPSA) is 54.0 Å².